The predicted octanol–water partition coefficient (Wildman–Crippen LogP) is 4.34. The fraction of sp³-hybridized carbons (Fsp3) is 0.231. The summed E-state index contributed by atoms with van der Waals surface area (Å²) in [6, 6.07) is 13.9. The third kappa shape index (κ3) is 1.88. The lowest BCUT2D eigenvalue weighted by molar-refractivity contribution is 0.867. The predicted molar refractivity (Wildman–Crippen MR) is 62.7 cm³/mol. The Kier molecular flexibility index (Phi) is 2.69. The molecular weight excluding hydrogens is 188 g/mol. The van der Waals surface area contributed by atoms with Gasteiger partial charge in [0, 0.05) is 4.88 Å². The minimum atomic E-state index is 0.610. The summed E-state index contributed by atoms with van der Waals surface area (Å²) in [6.45, 7) is 4.43. The van der Waals surface area contributed by atoms with Gasteiger partial charge in [-0.1, -0.05) is 38.1 Å². The van der Waals surface area contributed by atoms with Crippen LogP contribution in [-0.4, -0.2) is 0 Å². The summed E-state index contributed by atoms with van der Waals surface area (Å²) < 4.78 is 0. The molecule has 0 spiro atoms. The van der Waals surface area contributed by atoms with E-state index in [-0.39, 0.29) is 0 Å². The molecule has 1 radical (unpaired) electrons. The topological polar surface area (TPSA) is 0 Å². The molecule has 2 rings (SSSR count). The van der Waals surface area contributed by atoms with Crippen molar-refractivity contribution < 1.29 is 0 Å². The maximum absolute atomic E-state index is 3.08. The molecule has 71 valence electrons. The number of rotatable bonds is 2. The summed E-state index contributed by atoms with van der Waals surface area (Å²) in [6.07, 6.45) is 0. The average Bonchev–Trinajstić information content (AvgIpc) is 2.71. The first-order chi connectivity index (χ1) is 6.77. The normalized spacial score (nSPS) is 10.8. The molecule has 0 atom stereocenters. The number of thiophene rings is 1. The van der Waals surface area contributed by atoms with Crippen LogP contribution in [0, 0.1) is 6.07 Å². The van der Waals surface area contributed by atoms with Crippen LogP contribution in [0.5, 0.6) is 0 Å². The van der Waals surface area contributed by atoms with Gasteiger partial charge in [-0.25, -0.2) is 0 Å². The molecule has 0 fully saturated rings. The zero-order valence-electron chi connectivity index (χ0n) is 8.45. The van der Waals surface area contributed by atoms with Crippen molar-refractivity contribution in [1.82, 2.24) is 0 Å². The van der Waals surface area contributed by atoms with Gasteiger partial charge in [0.1, 0.15) is 0 Å². The van der Waals surface area contributed by atoms with E-state index in [9.17, 15) is 0 Å². The van der Waals surface area contributed by atoms with Crippen LogP contribution in [0.15, 0.2) is 35.7 Å². The second kappa shape index (κ2) is 3.97. The van der Waals surface area contributed by atoms with Gasteiger partial charge in [-0.2, -0.15) is 0 Å². The third-order valence-corrected chi connectivity index (χ3v) is 3.19. The third-order valence-electron chi connectivity index (χ3n) is 2.33. The molecule has 0 amide bonds. The van der Waals surface area contributed by atoms with E-state index in [0.717, 1.165) is 0 Å². The van der Waals surface area contributed by atoms with Crippen LogP contribution >= 0.6 is 11.3 Å². The summed E-state index contributed by atoms with van der Waals surface area (Å²) in [7, 11) is 0. The summed E-state index contributed by atoms with van der Waals surface area (Å²) in [5, 5.41) is 1.99. The fourth-order valence-electron chi connectivity index (χ4n) is 1.42. The Bertz CT molecular complexity index is 382. The summed E-state index contributed by atoms with van der Waals surface area (Å²) in [4.78, 5) is 1.29. The Hall–Kier alpha value is -1.08. The van der Waals surface area contributed by atoms with Crippen molar-refractivity contribution in [3.8, 4) is 10.4 Å². The van der Waals surface area contributed by atoms with Crippen molar-refractivity contribution in [2.45, 2.75) is 19.8 Å². The number of hydrogen-bond acceptors (Lipinski definition) is 1. The van der Waals surface area contributed by atoms with E-state index >= 15 is 0 Å². The molecule has 0 aliphatic carbocycles. The van der Waals surface area contributed by atoms with Gasteiger partial charge < -0.3 is 0 Å². The van der Waals surface area contributed by atoms with E-state index in [2.05, 4.69) is 44.2 Å². The minimum absolute atomic E-state index is 0.610. The molecule has 1 aromatic carbocycles. The van der Waals surface area contributed by atoms with E-state index in [1.807, 2.05) is 11.4 Å². The second-order valence-corrected chi connectivity index (χ2v) is 4.60. The van der Waals surface area contributed by atoms with E-state index in [1.165, 1.54) is 16.0 Å². The second-order valence-electron chi connectivity index (χ2n) is 3.69. The lowest BCUT2D eigenvalue weighted by atomic mass is 10.0. The van der Waals surface area contributed by atoms with E-state index < -0.39 is 0 Å². The molecule has 1 heteroatoms. The smallest absolute Gasteiger partial charge is 0.0349 e. The standard InChI is InChI=1S/C13H13S/c1-10(2)11-5-7-12(8-6-11)13-4-3-9-14-13/h4-10H,1-2H3. The van der Waals surface area contributed by atoms with Crippen molar-refractivity contribution in [2.24, 2.45) is 0 Å². The number of hydrogen-bond donors (Lipinski definition) is 0. The van der Waals surface area contributed by atoms with Crippen molar-refractivity contribution in [3.05, 3.63) is 47.3 Å². The summed E-state index contributed by atoms with van der Waals surface area (Å²) in [5.41, 5.74) is 2.69. The van der Waals surface area contributed by atoms with Gasteiger partial charge in [0.05, 0.1) is 0 Å². The van der Waals surface area contributed by atoms with Crippen LogP contribution in [0.2, 0.25) is 0 Å². The molecule has 0 N–H and O–H groups in total. The number of benzene rings is 1. The largest absolute Gasteiger partial charge is 0.143 e. The Morgan fingerprint density at radius 3 is 2.36 bits per heavy atom. The first-order valence-corrected chi connectivity index (χ1v) is 5.70. The molecule has 2 aromatic rings. The van der Waals surface area contributed by atoms with Crippen LogP contribution in [0.3, 0.4) is 0 Å². The zero-order chi connectivity index (χ0) is 9.97. The highest BCUT2D eigenvalue weighted by Crippen LogP contribution is 2.25. The van der Waals surface area contributed by atoms with E-state index in [0.29, 0.717) is 5.92 Å². The van der Waals surface area contributed by atoms with Gasteiger partial charge in [-0.3, -0.25) is 0 Å². The molecule has 1 heterocycles. The Morgan fingerprint density at radius 1 is 1.14 bits per heavy atom. The van der Waals surface area contributed by atoms with Crippen molar-refractivity contribution in [1.29, 1.82) is 0 Å². The van der Waals surface area contributed by atoms with Gasteiger partial charge in [0.25, 0.3) is 0 Å². The van der Waals surface area contributed by atoms with Crippen LogP contribution in [0.4, 0.5) is 0 Å². The van der Waals surface area contributed by atoms with Crippen LogP contribution in [0.25, 0.3) is 10.4 Å². The first-order valence-electron chi connectivity index (χ1n) is 4.82. The monoisotopic (exact) mass is 201 g/mol. The molecule has 0 aliphatic heterocycles. The molecule has 0 aliphatic rings. The highest BCUT2D eigenvalue weighted by molar-refractivity contribution is 7.13. The molecule has 0 nitrogen and oxygen atoms in total. The van der Waals surface area contributed by atoms with Crippen molar-refractivity contribution in [3.63, 3.8) is 0 Å². The highest BCUT2D eigenvalue weighted by atomic mass is 32.1. The van der Waals surface area contributed by atoms with Crippen LogP contribution in [0.1, 0.15) is 25.3 Å². The Morgan fingerprint density at radius 2 is 1.86 bits per heavy atom. The first kappa shape index (κ1) is 9.47. The molecule has 0 unspecified atom stereocenters. The fourth-order valence-corrected chi connectivity index (χ4v) is 2.10. The molecule has 14 heavy (non-hydrogen) atoms. The molecular formula is C13H13S. The zero-order valence-corrected chi connectivity index (χ0v) is 9.27. The maximum atomic E-state index is 3.08. The van der Waals surface area contributed by atoms with Gasteiger partial charge in [0.2, 0.25) is 0 Å². The lowest BCUT2D eigenvalue weighted by Crippen LogP contribution is -1.85. The molecule has 0 saturated carbocycles. The quantitative estimate of drug-likeness (QED) is 0.678. The van der Waals surface area contributed by atoms with Crippen molar-refractivity contribution >= 4 is 11.3 Å². The summed E-state index contributed by atoms with van der Waals surface area (Å²) >= 11 is 1.73. The Balaban J connectivity index is 2.31. The van der Waals surface area contributed by atoms with Crippen LogP contribution < -0.4 is 0 Å². The van der Waals surface area contributed by atoms with Gasteiger partial charge >= 0.3 is 0 Å². The molecule has 1 aromatic heterocycles. The minimum Gasteiger partial charge on any atom is -0.143 e. The maximum Gasteiger partial charge on any atom is 0.0349 e. The van der Waals surface area contributed by atoms with E-state index in [4.69, 9.17) is 0 Å². The van der Waals surface area contributed by atoms with Crippen LogP contribution in [-0.2, 0) is 0 Å². The SMILES string of the molecule is CC(C)c1ccc(-c2c[c]cs2)cc1. The highest BCUT2D eigenvalue weighted by Gasteiger charge is 2.00. The van der Waals surface area contributed by atoms with Gasteiger partial charge in [0.15, 0.2) is 0 Å². The van der Waals surface area contributed by atoms with Gasteiger partial charge in [-0.05, 0) is 34.6 Å². The Labute approximate surface area is 89.2 Å². The van der Waals surface area contributed by atoms with E-state index in [1.54, 1.807) is 11.3 Å². The van der Waals surface area contributed by atoms with Gasteiger partial charge in [-0.15, -0.1) is 11.3 Å². The molecule has 0 bridgehead atoms. The summed E-state index contributed by atoms with van der Waals surface area (Å²) in [5.74, 6) is 0.610. The molecule has 0 saturated heterocycles. The average molecular weight is 201 g/mol. The lowest BCUT2D eigenvalue weighted by Gasteiger charge is -2.05. The van der Waals surface area contributed by atoms with Crippen molar-refractivity contribution in [2.75, 3.05) is 0 Å².